The van der Waals surface area contributed by atoms with Crippen LogP contribution in [-0.4, -0.2) is 38.8 Å². The molecule has 3 N–H and O–H groups in total. The first-order valence-corrected chi connectivity index (χ1v) is 12.4. The number of benzene rings is 2. The Labute approximate surface area is 179 Å². The van der Waals surface area contributed by atoms with Crippen molar-refractivity contribution < 1.29 is 13.5 Å². The van der Waals surface area contributed by atoms with E-state index in [4.69, 9.17) is 0 Å². The maximum absolute atomic E-state index is 11.6. The number of aryl methyl sites for hydroxylation is 1. The molecule has 0 radical (unpaired) electrons. The van der Waals surface area contributed by atoms with Crippen LogP contribution >= 0.6 is 0 Å². The third-order valence-electron chi connectivity index (χ3n) is 5.42. The third kappa shape index (κ3) is 5.75. The molecule has 2 aromatic rings. The normalized spacial score (nSPS) is 14.3. The summed E-state index contributed by atoms with van der Waals surface area (Å²) < 4.78 is 23.1. The molecule has 0 aliphatic heterocycles. The Balaban J connectivity index is 1.63. The summed E-state index contributed by atoms with van der Waals surface area (Å²) >= 11 is 0. The van der Waals surface area contributed by atoms with Gasteiger partial charge in [-0.25, -0.2) is 13.4 Å². The molecule has 7 heteroatoms. The van der Waals surface area contributed by atoms with Crippen LogP contribution in [0.25, 0.3) is 0 Å². The molecule has 162 valence electrons. The second kappa shape index (κ2) is 9.98. The van der Waals surface area contributed by atoms with Gasteiger partial charge in [0.2, 0.25) is 0 Å². The fourth-order valence-electron chi connectivity index (χ4n) is 3.80. The van der Waals surface area contributed by atoms with Crippen molar-refractivity contribution in [2.45, 2.75) is 50.5 Å². The second-order valence-electron chi connectivity index (χ2n) is 7.70. The van der Waals surface area contributed by atoms with Crippen molar-refractivity contribution in [3.8, 4) is 5.75 Å². The Bertz CT molecular complexity index is 999. The van der Waals surface area contributed by atoms with Crippen molar-refractivity contribution in [1.29, 1.82) is 0 Å². The minimum Gasteiger partial charge on any atom is -0.508 e. The smallest absolute Gasteiger partial charge is 0.191 e. The van der Waals surface area contributed by atoms with Crippen molar-refractivity contribution in [2.75, 3.05) is 19.3 Å². The van der Waals surface area contributed by atoms with Gasteiger partial charge < -0.3 is 15.7 Å². The lowest BCUT2D eigenvalue weighted by Crippen LogP contribution is -2.38. The fraction of sp³-hybridized carbons (Fsp3) is 0.435. The number of fused-ring (bicyclic) bond motifs is 1. The van der Waals surface area contributed by atoms with E-state index in [9.17, 15) is 13.5 Å². The van der Waals surface area contributed by atoms with Crippen LogP contribution in [-0.2, 0) is 35.6 Å². The molecule has 0 spiro atoms. The summed E-state index contributed by atoms with van der Waals surface area (Å²) in [6.07, 6.45) is 6.40. The van der Waals surface area contributed by atoms with Crippen molar-refractivity contribution in [3.05, 3.63) is 58.7 Å². The molecular formula is C23H31N3O3S. The molecule has 0 heterocycles. The molecule has 1 aliphatic carbocycles. The maximum atomic E-state index is 11.6. The number of nitrogens with zero attached hydrogens (tertiary/aromatic N) is 1. The van der Waals surface area contributed by atoms with E-state index < -0.39 is 9.84 Å². The van der Waals surface area contributed by atoms with E-state index >= 15 is 0 Å². The summed E-state index contributed by atoms with van der Waals surface area (Å²) in [5.74, 6) is 1.03. The Morgan fingerprint density at radius 3 is 2.50 bits per heavy atom. The lowest BCUT2D eigenvalue weighted by Gasteiger charge is -2.20. The SMILES string of the molecule is CCNC(=NCc1c(O)ccc2c1CCCC2)NCCc1ccc(S(C)(=O)=O)cc1. The summed E-state index contributed by atoms with van der Waals surface area (Å²) in [5, 5.41) is 16.9. The number of hydrogen-bond acceptors (Lipinski definition) is 4. The van der Waals surface area contributed by atoms with E-state index in [0.717, 1.165) is 43.4 Å². The standard InChI is InChI=1S/C23H31N3O3S/c1-3-24-23(25-15-14-17-8-11-19(12-9-17)30(2,28)29)26-16-21-20-7-5-4-6-18(20)10-13-22(21)27/h8-13,27H,3-7,14-16H2,1-2H3,(H2,24,25,26). The van der Waals surface area contributed by atoms with Crippen LogP contribution in [0.1, 0.15) is 42.0 Å². The molecule has 0 amide bonds. The monoisotopic (exact) mass is 429 g/mol. The summed E-state index contributed by atoms with van der Waals surface area (Å²) in [6.45, 7) is 3.87. The minimum absolute atomic E-state index is 0.321. The van der Waals surface area contributed by atoms with Crippen LogP contribution in [0.4, 0.5) is 0 Å². The zero-order valence-corrected chi connectivity index (χ0v) is 18.6. The Morgan fingerprint density at radius 2 is 1.80 bits per heavy atom. The Morgan fingerprint density at radius 1 is 1.07 bits per heavy atom. The average molecular weight is 430 g/mol. The number of aliphatic imine (C=N–C) groups is 1. The number of hydrogen-bond donors (Lipinski definition) is 3. The first-order chi connectivity index (χ1) is 14.4. The van der Waals surface area contributed by atoms with E-state index in [1.807, 2.05) is 25.1 Å². The maximum Gasteiger partial charge on any atom is 0.191 e. The van der Waals surface area contributed by atoms with Gasteiger partial charge in [0.1, 0.15) is 5.75 Å². The van der Waals surface area contributed by atoms with Gasteiger partial charge in [0.05, 0.1) is 11.4 Å². The molecular weight excluding hydrogens is 398 g/mol. The zero-order valence-electron chi connectivity index (χ0n) is 17.7. The van der Waals surface area contributed by atoms with E-state index in [-0.39, 0.29) is 0 Å². The van der Waals surface area contributed by atoms with Crippen molar-refractivity contribution in [2.24, 2.45) is 4.99 Å². The Kier molecular flexibility index (Phi) is 7.37. The fourth-order valence-corrected chi connectivity index (χ4v) is 4.43. The van der Waals surface area contributed by atoms with Gasteiger partial charge in [0, 0.05) is 24.9 Å². The van der Waals surface area contributed by atoms with E-state index in [0.29, 0.717) is 29.7 Å². The third-order valence-corrected chi connectivity index (χ3v) is 6.55. The summed E-state index contributed by atoms with van der Waals surface area (Å²) in [5.41, 5.74) is 4.58. The van der Waals surface area contributed by atoms with Gasteiger partial charge in [-0.15, -0.1) is 0 Å². The molecule has 0 saturated carbocycles. The highest BCUT2D eigenvalue weighted by atomic mass is 32.2. The highest BCUT2D eigenvalue weighted by Gasteiger charge is 2.16. The van der Waals surface area contributed by atoms with Gasteiger partial charge >= 0.3 is 0 Å². The highest BCUT2D eigenvalue weighted by Crippen LogP contribution is 2.31. The van der Waals surface area contributed by atoms with Gasteiger partial charge in [-0.05, 0) is 73.9 Å². The van der Waals surface area contributed by atoms with Crippen LogP contribution < -0.4 is 10.6 Å². The van der Waals surface area contributed by atoms with Crippen molar-refractivity contribution in [3.63, 3.8) is 0 Å². The Hall–Kier alpha value is -2.54. The van der Waals surface area contributed by atoms with E-state index in [1.165, 1.54) is 23.8 Å². The van der Waals surface area contributed by atoms with Crippen molar-refractivity contribution >= 4 is 15.8 Å². The number of guanidine groups is 1. The number of phenols is 1. The van der Waals surface area contributed by atoms with Gasteiger partial charge in [-0.1, -0.05) is 18.2 Å². The molecule has 1 aliphatic rings. The van der Waals surface area contributed by atoms with Crippen LogP contribution in [0.2, 0.25) is 0 Å². The lowest BCUT2D eigenvalue weighted by molar-refractivity contribution is 0.465. The van der Waals surface area contributed by atoms with Crippen LogP contribution in [0, 0.1) is 0 Å². The summed E-state index contributed by atoms with van der Waals surface area (Å²) in [4.78, 5) is 5.02. The predicted molar refractivity (Wildman–Crippen MR) is 121 cm³/mol. The molecule has 0 unspecified atom stereocenters. The minimum atomic E-state index is -3.17. The van der Waals surface area contributed by atoms with Gasteiger partial charge in [-0.3, -0.25) is 0 Å². The summed E-state index contributed by atoms with van der Waals surface area (Å²) in [6, 6.07) is 10.8. The molecule has 6 nitrogen and oxygen atoms in total. The summed E-state index contributed by atoms with van der Waals surface area (Å²) in [7, 11) is -3.17. The number of nitrogens with one attached hydrogen (secondary N) is 2. The van der Waals surface area contributed by atoms with Crippen LogP contribution in [0.15, 0.2) is 46.3 Å². The number of aromatic hydroxyl groups is 1. The molecule has 0 atom stereocenters. The van der Waals surface area contributed by atoms with E-state index in [1.54, 1.807) is 18.2 Å². The van der Waals surface area contributed by atoms with Gasteiger partial charge in [-0.2, -0.15) is 0 Å². The largest absolute Gasteiger partial charge is 0.508 e. The van der Waals surface area contributed by atoms with Crippen LogP contribution in [0.5, 0.6) is 5.75 Å². The van der Waals surface area contributed by atoms with Gasteiger partial charge in [0.15, 0.2) is 15.8 Å². The zero-order chi connectivity index (χ0) is 21.6. The molecule has 2 aromatic carbocycles. The molecule has 0 bridgehead atoms. The molecule has 3 rings (SSSR count). The van der Waals surface area contributed by atoms with Crippen LogP contribution in [0.3, 0.4) is 0 Å². The average Bonchev–Trinajstić information content (AvgIpc) is 2.72. The second-order valence-corrected chi connectivity index (χ2v) is 9.71. The molecule has 0 saturated heterocycles. The number of phenolic OH excluding ortho intramolecular Hbond substituents is 1. The quantitative estimate of drug-likeness (QED) is 0.465. The topological polar surface area (TPSA) is 90.8 Å². The molecule has 30 heavy (non-hydrogen) atoms. The van der Waals surface area contributed by atoms with Crippen molar-refractivity contribution in [1.82, 2.24) is 10.6 Å². The number of rotatable bonds is 7. The lowest BCUT2D eigenvalue weighted by atomic mass is 9.88. The van der Waals surface area contributed by atoms with Gasteiger partial charge in [0.25, 0.3) is 0 Å². The molecule has 0 fully saturated rings. The molecule has 0 aromatic heterocycles. The first-order valence-electron chi connectivity index (χ1n) is 10.5. The number of sulfone groups is 1. The highest BCUT2D eigenvalue weighted by molar-refractivity contribution is 7.90. The predicted octanol–water partition coefficient (Wildman–Crippen LogP) is 2.97. The first kappa shape index (κ1) is 22.2. The van der Waals surface area contributed by atoms with E-state index in [2.05, 4.69) is 15.6 Å².